The molecule has 116 valence electrons. The highest BCUT2D eigenvalue weighted by atomic mass is 16.2. The number of piperidine rings is 1. The summed E-state index contributed by atoms with van der Waals surface area (Å²) in [4.78, 5) is 25.3. The van der Waals surface area contributed by atoms with E-state index in [0.717, 1.165) is 44.8 Å². The monoisotopic (exact) mass is 290 g/mol. The first-order chi connectivity index (χ1) is 10.3. The molecular weight excluding hydrogens is 264 g/mol. The fraction of sp³-hybridized carbons (Fsp3) is 0.688. The highest BCUT2D eigenvalue weighted by Crippen LogP contribution is 2.18. The third kappa shape index (κ3) is 4.16. The summed E-state index contributed by atoms with van der Waals surface area (Å²) in [5.74, 6) is 0.917. The predicted octanol–water partition coefficient (Wildman–Crippen LogP) is 2.73. The number of aromatic nitrogens is 2. The van der Waals surface area contributed by atoms with Crippen LogP contribution in [0, 0.1) is 0 Å². The molecule has 5 heteroatoms. The number of anilines is 1. The van der Waals surface area contributed by atoms with Crippen LogP contribution < -0.4 is 4.90 Å². The van der Waals surface area contributed by atoms with Crippen LogP contribution in [-0.4, -0.2) is 47.0 Å². The molecule has 1 fully saturated rings. The molecule has 0 spiro atoms. The molecule has 1 amide bonds. The van der Waals surface area contributed by atoms with E-state index < -0.39 is 0 Å². The Morgan fingerprint density at radius 3 is 2.43 bits per heavy atom. The van der Waals surface area contributed by atoms with E-state index >= 15 is 0 Å². The molecule has 2 rings (SSSR count). The predicted molar refractivity (Wildman–Crippen MR) is 84.6 cm³/mol. The molecule has 0 saturated carbocycles. The summed E-state index contributed by atoms with van der Waals surface area (Å²) in [6.07, 6.45) is 7.14. The molecule has 0 N–H and O–H groups in total. The lowest BCUT2D eigenvalue weighted by atomic mass is 10.1. The van der Waals surface area contributed by atoms with Crippen molar-refractivity contribution in [2.24, 2.45) is 0 Å². The number of nitrogens with zero attached hydrogens (tertiary/aromatic N) is 4. The minimum Gasteiger partial charge on any atom is -0.357 e. The van der Waals surface area contributed by atoms with E-state index in [4.69, 9.17) is 0 Å². The largest absolute Gasteiger partial charge is 0.357 e. The van der Waals surface area contributed by atoms with Gasteiger partial charge in [-0.2, -0.15) is 0 Å². The molecule has 0 atom stereocenters. The van der Waals surface area contributed by atoms with Crippen molar-refractivity contribution in [3.8, 4) is 0 Å². The molecule has 21 heavy (non-hydrogen) atoms. The first-order valence-corrected chi connectivity index (χ1v) is 8.12. The number of hydrogen-bond acceptors (Lipinski definition) is 4. The average molecular weight is 290 g/mol. The lowest BCUT2D eigenvalue weighted by molar-refractivity contribution is 0.0749. The van der Waals surface area contributed by atoms with Crippen LogP contribution in [0.2, 0.25) is 0 Å². The fourth-order valence-electron chi connectivity index (χ4n) is 2.78. The van der Waals surface area contributed by atoms with Gasteiger partial charge in [0.25, 0.3) is 5.91 Å². The van der Waals surface area contributed by atoms with Crippen LogP contribution in [0.25, 0.3) is 0 Å². The van der Waals surface area contributed by atoms with Gasteiger partial charge in [-0.25, -0.2) is 9.97 Å². The quantitative estimate of drug-likeness (QED) is 0.808. The van der Waals surface area contributed by atoms with Gasteiger partial charge in [0.05, 0.1) is 0 Å². The van der Waals surface area contributed by atoms with E-state index in [1.807, 2.05) is 11.0 Å². The summed E-state index contributed by atoms with van der Waals surface area (Å²) in [7, 11) is 0. The molecule has 2 heterocycles. The number of carbonyl (C=O) groups is 1. The van der Waals surface area contributed by atoms with E-state index in [2.05, 4.69) is 28.7 Å². The Bertz CT molecular complexity index is 451. The van der Waals surface area contributed by atoms with Crippen LogP contribution >= 0.6 is 0 Å². The van der Waals surface area contributed by atoms with Gasteiger partial charge in [0.1, 0.15) is 17.8 Å². The summed E-state index contributed by atoms with van der Waals surface area (Å²) < 4.78 is 0. The van der Waals surface area contributed by atoms with Crippen molar-refractivity contribution in [1.29, 1.82) is 0 Å². The molecule has 0 aromatic carbocycles. The van der Waals surface area contributed by atoms with Crippen molar-refractivity contribution in [3.63, 3.8) is 0 Å². The van der Waals surface area contributed by atoms with Crippen molar-refractivity contribution in [1.82, 2.24) is 14.9 Å². The van der Waals surface area contributed by atoms with Crippen LogP contribution in [0.1, 0.15) is 56.4 Å². The third-order valence-electron chi connectivity index (χ3n) is 3.83. The second-order valence-electron chi connectivity index (χ2n) is 5.60. The highest BCUT2D eigenvalue weighted by molar-refractivity contribution is 5.92. The van der Waals surface area contributed by atoms with Gasteiger partial charge in [-0.15, -0.1) is 0 Å². The number of amides is 1. The van der Waals surface area contributed by atoms with Gasteiger partial charge in [-0.3, -0.25) is 4.79 Å². The standard InChI is InChI=1S/C16H26N4O/c1-3-8-20(9-4-2)16(21)14-12-15(18-13-17-14)19-10-6-5-7-11-19/h12-13H,3-11H2,1-2H3. The summed E-state index contributed by atoms with van der Waals surface area (Å²) >= 11 is 0. The van der Waals surface area contributed by atoms with E-state index in [0.29, 0.717) is 5.69 Å². The van der Waals surface area contributed by atoms with Crippen molar-refractivity contribution < 1.29 is 4.79 Å². The van der Waals surface area contributed by atoms with Gasteiger partial charge in [0.2, 0.25) is 0 Å². The van der Waals surface area contributed by atoms with E-state index in [1.165, 1.54) is 25.6 Å². The van der Waals surface area contributed by atoms with Gasteiger partial charge in [0.15, 0.2) is 0 Å². The second kappa shape index (κ2) is 7.96. The summed E-state index contributed by atoms with van der Waals surface area (Å²) in [5, 5.41) is 0. The molecule has 0 radical (unpaired) electrons. The third-order valence-corrected chi connectivity index (χ3v) is 3.83. The number of carbonyl (C=O) groups excluding carboxylic acids is 1. The summed E-state index contributed by atoms with van der Waals surface area (Å²) in [6, 6.07) is 1.85. The van der Waals surface area contributed by atoms with Gasteiger partial charge in [-0.05, 0) is 32.1 Å². The normalized spacial score (nSPS) is 15.0. The van der Waals surface area contributed by atoms with Crippen molar-refractivity contribution in [2.75, 3.05) is 31.1 Å². The van der Waals surface area contributed by atoms with Crippen molar-refractivity contribution >= 4 is 11.7 Å². The minimum absolute atomic E-state index is 0.0272. The van der Waals surface area contributed by atoms with Crippen LogP contribution in [0.3, 0.4) is 0 Å². The van der Waals surface area contributed by atoms with E-state index in [9.17, 15) is 4.79 Å². The molecular formula is C16H26N4O. The van der Waals surface area contributed by atoms with Gasteiger partial charge in [0, 0.05) is 32.2 Å². The maximum Gasteiger partial charge on any atom is 0.272 e. The van der Waals surface area contributed by atoms with Gasteiger partial charge >= 0.3 is 0 Å². The number of rotatable bonds is 6. The number of hydrogen-bond donors (Lipinski definition) is 0. The smallest absolute Gasteiger partial charge is 0.272 e. The maximum absolute atomic E-state index is 12.6. The lowest BCUT2D eigenvalue weighted by Gasteiger charge is -2.28. The SMILES string of the molecule is CCCN(CCC)C(=O)c1cc(N2CCCCC2)ncn1. The van der Waals surface area contributed by atoms with E-state index in [-0.39, 0.29) is 5.91 Å². The van der Waals surface area contributed by atoms with Gasteiger partial charge < -0.3 is 9.80 Å². The fourth-order valence-corrected chi connectivity index (χ4v) is 2.78. The molecule has 1 saturated heterocycles. The molecule has 0 aliphatic carbocycles. The zero-order valence-corrected chi connectivity index (χ0v) is 13.2. The summed E-state index contributed by atoms with van der Waals surface area (Å²) in [5.41, 5.74) is 0.521. The molecule has 1 aliphatic rings. The molecule has 0 bridgehead atoms. The van der Waals surface area contributed by atoms with Crippen LogP contribution in [0.4, 0.5) is 5.82 Å². The van der Waals surface area contributed by atoms with E-state index in [1.54, 1.807) is 0 Å². The van der Waals surface area contributed by atoms with Crippen LogP contribution in [0.15, 0.2) is 12.4 Å². The average Bonchev–Trinajstić information content (AvgIpc) is 2.55. The summed E-state index contributed by atoms with van der Waals surface area (Å²) in [6.45, 7) is 7.81. The zero-order chi connectivity index (χ0) is 15.1. The Morgan fingerprint density at radius 2 is 1.81 bits per heavy atom. The molecule has 0 unspecified atom stereocenters. The highest BCUT2D eigenvalue weighted by Gasteiger charge is 2.18. The van der Waals surface area contributed by atoms with Crippen LogP contribution in [0.5, 0.6) is 0 Å². The first kappa shape index (κ1) is 15.7. The Balaban J connectivity index is 2.13. The Kier molecular flexibility index (Phi) is 5.96. The Labute approximate surface area is 127 Å². The van der Waals surface area contributed by atoms with Crippen molar-refractivity contribution in [3.05, 3.63) is 18.1 Å². The maximum atomic E-state index is 12.6. The van der Waals surface area contributed by atoms with Crippen LogP contribution in [-0.2, 0) is 0 Å². The Hall–Kier alpha value is -1.65. The zero-order valence-electron chi connectivity index (χ0n) is 13.2. The Morgan fingerprint density at radius 1 is 1.14 bits per heavy atom. The van der Waals surface area contributed by atoms with Gasteiger partial charge in [-0.1, -0.05) is 13.8 Å². The molecule has 1 aromatic heterocycles. The topological polar surface area (TPSA) is 49.3 Å². The first-order valence-electron chi connectivity index (χ1n) is 8.12. The molecule has 1 aromatic rings. The molecule has 1 aliphatic heterocycles. The minimum atomic E-state index is 0.0272. The lowest BCUT2D eigenvalue weighted by Crippen LogP contribution is -2.34. The second-order valence-corrected chi connectivity index (χ2v) is 5.60. The van der Waals surface area contributed by atoms with Crippen molar-refractivity contribution in [2.45, 2.75) is 46.0 Å². The molecule has 5 nitrogen and oxygen atoms in total.